The number of thiazole rings is 1. The van der Waals surface area contributed by atoms with Crippen molar-refractivity contribution < 1.29 is 4.79 Å². The van der Waals surface area contributed by atoms with Crippen molar-refractivity contribution >= 4 is 60.8 Å². The predicted octanol–water partition coefficient (Wildman–Crippen LogP) is 5.93. The maximum atomic E-state index is 13.3. The molecule has 31 heavy (non-hydrogen) atoms. The maximum Gasteiger partial charge on any atom is 0.253 e. The second-order valence-corrected chi connectivity index (χ2v) is 8.61. The molecular weight excluding hydrogens is 430 g/mol. The number of aryl methyl sites for hydroxylation is 1. The highest BCUT2D eigenvalue weighted by molar-refractivity contribution is 7.23. The molecule has 0 bridgehead atoms. The Morgan fingerprint density at radius 3 is 2.77 bits per heavy atom. The van der Waals surface area contributed by atoms with E-state index in [-0.39, 0.29) is 5.91 Å². The van der Waals surface area contributed by atoms with Gasteiger partial charge in [-0.1, -0.05) is 53.3 Å². The highest BCUT2D eigenvalue weighted by Gasteiger charge is 2.22. The lowest BCUT2D eigenvalue weighted by Crippen LogP contribution is -2.27. The van der Waals surface area contributed by atoms with Crippen molar-refractivity contribution in [3.8, 4) is 0 Å². The van der Waals surface area contributed by atoms with E-state index in [9.17, 15) is 4.79 Å². The number of anilines is 2. The number of benzene rings is 3. The number of nitrogens with zero attached hydrogens (tertiary/aromatic N) is 2. The molecule has 3 N–H and O–H groups in total. The third-order valence-corrected chi connectivity index (χ3v) is 6.51. The molecule has 0 saturated carbocycles. The van der Waals surface area contributed by atoms with E-state index in [0.29, 0.717) is 10.2 Å². The van der Waals surface area contributed by atoms with Crippen LogP contribution in [-0.2, 0) is 4.79 Å². The molecule has 8 heteroatoms. The van der Waals surface area contributed by atoms with Crippen molar-refractivity contribution in [3.05, 3.63) is 83.0 Å². The number of amides is 1. The molecule has 0 fully saturated rings. The van der Waals surface area contributed by atoms with Gasteiger partial charge in [-0.25, -0.2) is 4.98 Å². The summed E-state index contributed by atoms with van der Waals surface area (Å²) in [5.74, 6) is -0.193. The minimum absolute atomic E-state index is 0.193. The van der Waals surface area contributed by atoms with E-state index in [0.717, 1.165) is 37.9 Å². The number of hydrogen-bond donors (Lipinski definition) is 3. The Balaban J connectivity index is 1.46. The summed E-state index contributed by atoms with van der Waals surface area (Å²) in [6.07, 6.45) is 1.78. The molecule has 0 aliphatic carbocycles. The molecule has 154 valence electrons. The Labute approximate surface area is 187 Å². The average molecular weight is 448 g/mol. The first-order valence-corrected chi connectivity index (χ1v) is 10.9. The van der Waals surface area contributed by atoms with E-state index >= 15 is 0 Å². The summed E-state index contributed by atoms with van der Waals surface area (Å²) >= 11 is 7.59. The van der Waals surface area contributed by atoms with Gasteiger partial charge in [-0.15, -0.1) is 0 Å². The van der Waals surface area contributed by atoms with Gasteiger partial charge < -0.3 is 5.32 Å². The SMILES string of the molecule is Cc1cc(NC(C(=O)Nc2nc3ccc4[nH]ncc4c3s2)c2ccccc2)ccc1Cl. The maximum absolute atomic E-state index is 13.3. The van der Waals surface area contributed by atoms with Gasteiger partial charge in [0.15, 0.2) is 5.13 Å². The van der Waals surface area contributed by atoms with Crippen LogP contribution < -0.4 is 10.6 Å². The molecular formula is C23H18ClN5OS. The summed E-state index contributed by atoms with van der Waals surface area (Å²) in [7, 11) is 0. The van der Waals surface area contributed by atoms with Crippen LogP contribution in [-0.4, -0.2) is 21.1 Å². The summed E-state index contributed by atoms with van der Waals surface area (Å²) in [6, 6.07) is 18.5. The van der Waals surface area contributed by atoms with Crippen LogP contribution in [0.5, 0.6) is 0 Å². The zero-order valence-corrected chi connectivity index (χ0v) is 18.1. The molecule has 0 aliphatic heterocycles. The van der Waals surface area contributed by atoms with Crippen LogP contribution in [0.15, 0.2) is 66.9 Å². The molecule has 0 saturated heterocycles. The number of H-pyrrole nitrogens is 1. The van der Waals surface area contributed by atoms with E-state index in [1.807, 2.05) is 67.6 Å². The molecule has 2 heterocycles. The van der Waals surface area contributed by atoms with Crippen LogP contribution in [0.2, 0.25) is 5.02 Å². The molecule has 0 radical (unpaired) electrons. The van der Waals surface area contributed by atoms with Crippen molar-refractivity contribution in [1.82, 2.24) is 15.2 Å². The lowest BCUT2D eigenvalue weighted by Gasteiger charge is -2.20. The van der Waals surface area contributed by atoms with Crippen LogP contribution in [0.1, 0.15) is 17.2 Å². The first-order chi connectivity index (χ1) is 15.1. The zero-order chi connectivity index (χ0) is 21.4. The van der Waals surface area contributed by atoms with Gasteiger partial charge in [0.2, 0.25) is 0 Å². The van der Waals surface area contributed by atoms with Crippen molar-refractivity contribution in [2.45, 2.75) is 13.0 Å². The first-order valence-electron chi connectivity index (χ1n) is 9.69. The van der Waals surface area contributed by atoms with Crippen LogP contribution in [0, 0.1) is 6.92 Å². The number of carbonyl (C=O) groups excluding carboxylic acids is 1. The first kappa shape index (κ1) is 19.5. The molecule has 6 nitrogen and oxygen atoms in total. The average Bonchev–Trinajstić information content (AvgIpc) is 3.41. The molecule has 1 amide bonds. The van der Waals surface area contributed by atoms with E-state index in [1.54, 1.807) is 6.20 Å². The highest BCUT2D eigenvalue weighted by atomic mass is 35.5. The second-order valence-electron chi connectivity index (χ2n) is 7.21. The summed E-state index contributed by atoms with van der Waals surface area (Å²) < 4.78 is 0.985. The molecule has 3 aromatic carbocycles. The Kier molecular flexibility index (Phi) is 5.05. The minimum Gasteiger partial charge on any atom is -0.370 e. The number of carbonyl (C=O) groups is 1. The van der Waals surface area contributed by atoms with Gasteiger partial charge in [0, 0.05) is 16.1 Å². The van der Waals surface area contributed by atoms with Crippen LogP contribution in [0.3, 0.4) is 0 Å². The topological polar surface area (TPSA) is 82.7 Å². The predicted molar refractivity (Wildman–Crippen MR) is 127 cm³/mol. The smallest absolute Gasteiger partial charge is 0.253 e. The quantitative estimate of drug-likeness (QED) is 0.312. The van der Waals surface area contributed by atoms with E-state index in [4.69, 9.17) is 11.6 Å². The number of halogens is 1. The van der Waals surface area contributed by atoms with Crippen molar-refractivity contribution in [2.24, 2.45) is 0 Å². The van der Waals surface area contributed by atoms with E-state index in [2.05, 4.69) is 25.8 Å². The molecule has 0 spiro atoms. The lowest BCUT2D eigenvalue weighted by molar-refractivity contribution is -0.117. The normalized spacial score (nSPS) is 12.2. The van der Waals surface area contributed by atoms with Crippen molar-refractivity contribution in [3.63, 3.8) is 0 Å². The Hall–Kier alpha value is -3.42. The van der Waals surface area contributed by atoms with Gasteiger partial charge in [-0.2, -0.15) is 5.10 Å². The molecule has 0 aliphatic rings. The number of aromatic amines is 1. The number of rotatable bonds is 5. The number of hydrogen-bond acceptors (Lipinski definition) is 5. The summed E-state index contributed by atoms with van der Waals surface area (Å²) in [6.45, 7) is 1.93. The number of nitrogens with one attached hydrogen (secondary N) is 3. The Bertz CT molecular complexity index is 1400. The monoisotopic (exact) mass is 447 g/mol. The van der Waals surface area contributed by atoms with Crippen LogP contribution in [0.4, 0.5) is 10.8 Å². The fourth-order valence-electron chi connectivity index (χ4n) is 3.48. The van der Waals surface area contributed by atoms with Crippen LogP contribution >= 0.6 is 22.9 Å². The number of fused-ring (bicyclic) bond motifs is 3. The van der Waals surface area contributed by atoms with E-state index in [1.165, 1.54) is 11.3 Å². The van der Waals surface area contributed by atoms with Gasteiger partial charge in [0.1, 0.15) is 6.04 Å². The lowest BCUT2D eigenvalue weighted by atomic mass is 10.1. The summed E-state index contributed by atoms with van der Waals surface area (Å²) in [4.78, 5) is 17.9. The summed E-state index contributed by atoms with van der Waals surface area (Å²) in [5, 5.41) is 15.6. The fraction of sp³-hybridized carbons (Fsp3) is 0.0870. The van der Waals surface area contributed by atoms with Crippen molar-refractivity contribution in [1.29, 1.82) is 0 Å². The highest BCUT2D eigenvalue weighted by Crippen LogP contribution is 2.33. The second kappa shape index (κ2) is 8.02. The van der Waals surface area contributed by atoms with Gasteiger partial charge in [0.25, 0.3) is 5.91 Å². The van der Waals surface area contributed by atoms with Crippen LogP contribution in [0.25, 0.3) is 21.1 Å². The molecule has 5 aromatic rings. The van der Waals surface area contributed by atoms with Gasteiger partial charge in [0.05, 0.1) is 21.9 Å². The minimum atomic E-state index is -0.595. The van der Waals surface area contributed by atoms with Gasteiger partial charge >= 0.3 is 0 Å². The van der Waals surface area contributed by atoms with Gasteiger partial charge in [-0.05, 0) is 48.4 Å². The summed E-state index contributed by atoms with van der Waals surface area (Å²) in [5.41, 5.74) is 4.37. The molecule has 2 aromatic heterocycles. The Morgan fingerprint density at radius 2 is 1.97 bits per heavy atom. The Morgan fingerprint density at radius 1 is 1.13 bits per heavy atom. The third-order valence-electron chi connectivity index (χ3n) is 5.07. The standard InChI is InChI=1S/C23H18ClN5OS/c1-13-11-15(7-8-17(13)24)26-20(14-5-3-2-4-6-14)22(30)28-23-27-19-10-9-18-16(12-25-29-18)21(19)31-23/h2-12,20,26H,1H3,(H,25,29)(H,27,28,30). The third kappa shape index (κ3) is 3.85. The number of aromatic nitrogens is 3. The molecule has 1 atom stereocenters. The van der Waals surface area contributed by atoms with E-state index < -0.39 is 6.04 Å². The molecule has 1 unspecified atom stereocenters. The molecule has 5 rings (SSSR count). The van der Waals surface area contributed by atoms with Gasteiger partial charge in [-0.3, -0.25) is 15.2 Å². The zero-order valence-electron chi connectivity index (χ0n) is 16.5. The largest absolute Gasteiger partial charge is 0.370 e. The fourth-order valence-corrected chi connectivity index (χ4v) is 4.58. The van der Waals surface area contributed by atoms with Crippen molar-refractivity contribution in [2.75, 3.05) is 10.6 Å².